The summed E-state index contributed by atoms with van der Waals surface area (Å²) in [5, 5.41) is 3.40. The number of hydrogen-bond acceptors (Lipinski definition) is 9. The fourth-order valence-electron chi connectivity index (χ4n) is 2.92. The standard InChI is InChI=1S/C21H23Cl2NO8/c1-5-7-15(25)29-10-30-21(27)32-19-12(3)24-11(2)18(31-20(26)28-4)16(19)13-8-6-9-14(22)17(13)23/h6,8-9,16,24H,5,7,10H2,1-4H3. The molecule has 0 bridgehead atoms. The predicted molar refractivity (Wildman–Crippen MR) is 115 cm³/mol. The first-order valence-electron chi connectivity index (χ1n) is 9.58. The topological polar surface area (TPSA) is 109 Å². The minimum atomic E-state index is -1.13. The summed E-state index contributed by atoms with van der Waals surface area (Å²) in [6.45, 7) is 4.51. The van der Waals surface area contributed by atoms with Gasteiger partial charge in [-0.2, -0.15) is 0 Å². The number of halogens is 2. The van der Waals surface area contributed by atoms with Gasteiger partial charge < -0.3 is 29.0 Å². The molecule has 11 heteroatoms. The molecule has 0 saturated carbocycles. The summed E-state index contributed by atoms with van der Waals surface area (Å²) < 4.78 is 25.0. The van der Waals surface area contributed by atoms with Gasteiger partial charge in [0.25, 0.3) is 0 Å². The van der Waals surface area contributed by atoms with E-state index in [1.807, 2.05) is 6.92 Å². The van der Waals surface area contributed by atoms with Crippen LogP contribution in [0.15, 0.2) is 41.1 Å². The van der Waals surface area contributed by atoms with Gasteiger partial charge in [-0.05, 0) is 31.9 Å². The first kappa shape index (κ1) is 25.4. The van der Waals surface area contributed by atoms with Crippen LogP contribution in [-0.2, 0) is 28.5 Å². The third kappa shape index (κ3) is 6.30. The number of carbonyl (C=O) groups excluding carboxylic acids is 3. The summed E-state index contributed by atoms with van der Waals surface area (Å²) in [4.78, 5) is 35.6. The van der Waals surface area contributed by atoms with E-state index in [1.54, 1.807) is 32.0 Å². The predicted octanol–water partition coefficient (Wildman–Crippen LogP) is 5.38. The highest BCUT2D eigenvalue weighted by atomic mass is 35.5. The lowest BCUT2D eigenvalue weighted by atomic mass is 9.90. The third-order valence-corrected chi connectivity index (χ3v) is 5.17. The van der Waals surface area contributed by atoms with Crippen LogP contribution in [0.1, 0.15) is 45.1 Å². The molecule has 1 heterocycles. The number of esters is 1. The molecule has 2 rings (SSSR count). The second-order valence-electron chi connectivity index (χ2n) is 6.62. The first-order valence-corrected chi connectivity index (χ1v) is 10.3. The summed E-state index contributed by atoms with van der Waals surface area (Å²) in [7, 11) is 1.16. The fourth-order valence-corrected chi connectivity index (χ4v) is 3.34. The smallest absolute Gasteiger partial charge is 0.437 e. The summed E-state index contributed by atoms with van der Waals surface area (Å²) >= 11 is 12.6. The summed E-state index contributed by atoms with van der Waals surface area (Å²) in [5.74, 6) is -1.31. The maximum atomic E-state index is 12.3. The molecule has 0 saturated heterocycles. The Morgan fingerprint density at radius 2 is 1.62 bits per heavy atom. The van der Waals surface area contributed by atoms with E-state index in [0.717, 1.165) is 7.11 Å². The van der Waals surface area contributed by atoms with E-state index in [-0.39, 0.29) is 28.0 Å². The second kappa shape index (κ2) is 11.6. The number of methoxy groups -OCH3 is 1. The van der Waals surface area contributed by atoms with Gasteiger partial charge in [0.1, 0.15) is 17.4 Å². The molecule has 0 spiro atoms. The maximum absolute atomic E-state index is 12.3. The highest BCUT2D eigenvalue weighted by Crippen LogP contribution is 2.43. The van der Waals surface area contributed by atoms with Gasteiger partial charge in [-0.3, -0.25) is 4.79 Å². The molecule has 1 unspecified atom stereocenters. The molecule has 0 aromatic heterocycles. The Balaban J connectivity index is 2.35. The molecule has 9 nitrogen and oxygen atoms in total. The molecular weight excluding hydrogens is 465 g/mol. The van der Waals surface area contributed by atoms with E-state index in [9.17, 15) is 14.4 Å². The number of nitrogens with one attached hydrogen (secondary N) is 1. The molecule has 1 N–H and O–H groups in total. The van der Waals surface area contributed by atoms with E-state index in [0.29, 0.717) is 23.4 Å². The van der Waals surface area contributed by atoms with Crippen LogP contribution >= 0.6 is 23.2 Å². The lowest BCUT2D eigenvalue weighted by Gasteiger charge is -2.30. The van der Waals surface area contributed by atoms with E-state index in [1.165, 1.54) is 0 Å². The number of rotatable bonds is 7. The van der Waals surface area contributed by atoms with Gasteiger partial charge in [0.2, 0.25) is 6.79 Å². The largest absolute Gasteiger partial charge is 0.516 e. The highest BCUT2D eigenvalue weighted by molar-refractivity contribution is 6.42. The van der Waals surface area contributed by atoms with Gasteiger partial charge in [-0.15, -0.1) is 0 Å². The van der Waals surface area contributed by atoms with Crippen LogP contribution in [0.5, 0.6) is 0 Å². The van der Waals surface area contributed by atoms with E-state index in [2.05, 4.69) is 10.1 Å². The van der Waals surface area contributed by atoms with Gasteiger partial charge in [0.15, 0.2) is 0 Å². The number of allylic oxidation sites excluding steroid dienone is 2. The van der Waals surface area contributed by atoms with Crippen LogP contribution < -0.4 is 5.32 Å². The lowest BCUT2D eigenvalue weighted by Crippen LogP contribution is -2.29. The molecule has 1 aliphatic heterocycles. The monoisotopic (exact) mass is 487 g/mol. The molecular formula is C21H23Cl2NO8. The maximum Gasteiger partial charge on any atom is 0.516 e. The zero-order valence-electron chi connectivity index (χ0n) is 18.0. The number of ether oxygens (including phenoxy) is 5. The van der Waals surface area contributed by atoms with Crippen LogP contribution in [0.25, 0.3) is 0 Å². The lowest BCUT2D eigenvalue weighted by molar-refractivity contribution is -0.153. The Morgan fingerprint density at radius 3 is 2.22 bits per heavy atom. The molecule has 1 aromatic carbocycles. The Labute approximate surface area is 195 Å². The van der Waals surface area contributed by atoms with E-state index < -0.39 is 31.0 Å². The summed E-state index contributed by atoms with van der Waals surface area (Å²) in [6, 6.07) is 4.88. The Hall–Kier alpha value is -2.91. The molecule has 1 atom stereocenters. The van der Waals surface area contributed by atoms with Crippen molar-refractivity contribution in [2.45, 2.75) is 39.5 Å². The average molecular weight is 488 g/mol. The Morgan fingerprint density at radius 1 is 1.00 bits per heavy atom. The molecule has 1 aromatic rings. The van der Waals surface area contributed by atoms with E-state index in [4.69, 9.17) is 42.1 Å². The average Bonchev–Trinajstić information content (AvgIpc) is 2.74. The first-order chi connectivity index (χ1) is 15.2. The van der Waals surface area contributed by atoms with Crippen LogP contribution in [0.4, 0.5) is 9.59 Å². The molecule has 1 aliphatic rings. The molecule has 174 valence electrons. The number of carbonyl (C=O) groups is 3. The van der Waals surface area contributed by atoms with Crippen molar-refractivity contribution >= 4 is 41.5 Å². The highest BCUT2D eigenvalue weighted by Gasteiger charge is 2.37. The van der Waals surface area contributed by atoms with Gasteiger partial charge in [-0.1, -0.05) is 42.3 Å². The normalized spacial score (nSPS) is 15.6. The quantitative estimate of drug-likeness (QED) is 0.307. The molecule has 32 heavy (non-hydrogen) atoms. The van der Waals surface area contributed by atoms with E-state index >= 15 is 0 Å². The van der Waals surface area contributed by atoms with Crippen molar-refractivity contribution < 1.29 is 38.1 Å². The second-order valence-corrected chi connectivity index (χ2v) is 7.40. The SMILES string of the molecule is CCCC(=O)OCOC(=O)OC1=C(C)NC(C)=C(OC(=O)OC)C1c1cccc(Cl)c1Cl. The zero-order chi connectivity index (χ0) is 23.8. The van der Waals surface area contributed by atoms with Gasteiger partial charge in [0.05, 0.1) is 28.5 Å². The Kier molecular flexibility index (Phi) is 9.22. The van der Waals surface area contributed by atoms with Crippen molar-refractivity contribution in [1.82, 2.24) is 5.32 Å². The molecule has 0 radical (unpaired) electrons. The molecule has 0 amide bonds. The van der Waals surface area contributed by atoms with Crippen molar-refractivity contribution in [3.63, 3.8) is 0 Å². The Bertz CT molecular complexity index is 957. The van der Waals surface area contributed by atoms with Crippen molar-refractivity contribution in [1.29, 1.82) is 0 Å². The molecule has 0 fully saturated rings. The van der Waals surface area contributed by atoms with Crippen molar-refractivity contribution in [3.05, 3.63) is 56.7 Å². The van der Waals surface area contributed by atoms with Crippen LogP contribution in [0.2, 0.25) is 10.0 Å². The third-order valence-electron chi connectivity index (χ3n) is 4.34. The number of benzene rings is 1. The van der Waals surface area contributed by atoms with Crippen LogP contribution in [0.3, 0.4) is 0 Å². The molecule has 0 aliphatic carbocycles. The van der Waals surface area contributed by atoms with Gasteiger partial charge >= 0.3 is 18.3 Å². The van der Waals surface area contributed by atoms with Gasteiger partial charge in [0, 0.05) is 6.42 Å². The summed E-state index contributed by atoms with van der Waals surface area (Å²) in [5.41, 5.74) is 1.30. The summed E-state index contributed by atoms with van der Waals surface area (Å²) in [6.07, 6.45) is -1.32. The van der Waals surface area contributed by atoms with Crippen molar-refractivity contribution in [3.8, 4) is 0 Å². The van der Waals surface area contributed by atoms with Gasteiger partial charge in [-0.25, -0.2) is 9.59 Å². The number of hydrogen-bond donors (Lipinski definition) is 1. The fraction of sp³-hybridized carbons (Fsp3) is 0.381. The van der Waals surface area contributed by atoms with Crippen LogP contribution in [-0.4, -0.2) is 32.2 Å². The van der Waals surface area contributed by atoms with Crippen molar-refractivity contribution in [2.24, 2.45) is 0 Å². The van der Waals surface area contributed by atoms with Crippen LogP contribution in [0, 0.1) is 0 Å². The minimum Gasteiger partial charge on any atom is -0.437 e. The van der Waals surface area contributed by atoms with Crippen molar-refractivity contribution in [2.75, 3.05) is 13.9 Å². The zero-order valence-corrected chi connectivity index (χ0v) is 19.5. The number of dihydropyridines is 1. The minimum absolute atomic E-state index is 0.0450.